The van der Waals surface area contributed by atoms with E-state index >= 15 is 0 Å². The highest BCUT2D eigenvalue weighted by molar-refractivity contribution is 5.79. The highest BCUT2D eigenvalue weighted by Crippen LogP contribution is 2.15. The summed E-state index contributed by atoms with van der Waals surface area (Å²) in [5.74, 6) is 0.729. The zero-order chi connectivity index (χ0) is 17.3. The molecular weight excluding hydrogens is 305 g/mol. The lowest BCUT2D eigenvalue weighted by molar-refractivity contribution is -0.143. The van der Waals surface area contributed by atoms with E-state index < -0.39 is 12.7 Å². The van der Waals surface area contributed by atoms with Crippen LogP contribution in [0.5, 0.6) is 0 Å². The number of nitrogens with zero attached hydrogens (tertiary/aromatic N) is 3. The number of rotatable bonds is 7. The lowest BCUT2D eigenvalue weighted by Crippen LogP contribution is -2.40. The molecule has 4 nitrogen and oxygen atoms in total. The van der Waals surface area contributed by atoms with Crippen LogP contribution in [0.3, 0.4) is 0 Å². The number of halogens is 3. The van der Waals surface area contributed by atoms with Gasteiger partial charge in [0.25, 0.3) is 0 Å². The molecule has 1 aromatic rings. The molecule has 0 bridgehead atoms. The van der Waals surface area contributed by atoms with Gasteiger partial charge in [-0.15, -0.1) is 0 Å². The predicted octanol–water partition coefficient (Wildman–Crippen LogP) is 2.58. The summed E-state index contributed by atoms with van der Waals surface area (Å²) >= 11 is 0. The molecule has 0 amide bonds. The smallest absolute Gasteiger partial charge is 0.356 e. The minimum Gasteiger partial charge on any atom is -0.356 e. The second-order valence-corrected chi connectivity index (χ2v) is 5.52. The molecule has 0 atom stereocenters. The molecule has 130 valence electrons. The first-order valence-corrected chi connectivity index (χ1v) is 7.53. The summed E-state index contributed by atoms with van der Waals surface area (Å²) in [7, 11) is 5.10. The van der Waals surface area contributed by atoms with E-state index in [-0.39, 0.29) is 0 Å². The maximum atomic E-state index is 12.2. The molecule has 23 heavy (non-hydrogen) atoms. The minimum atomic E-state index is -4.14. The van der Waals surface area contributed by atoms with E-state index in [9.17, 15) is 13.2 Å². The molecule has 1 aromatic carbocycles. The molecule has 1 N–H and O–H groups in total. The average molecular weight is 330 g/mol. The Labute approximate surface area is 136 Å². The highest BCUT2D eigenvalue weighted by Gasteiger charge is 2.28. The van der Waals surface area contributed by atoms with E-state index in [4.69, 9.17) is 0 Å². The van der Waals surface area contributed by atoms with Crippen molar-refractivity contribution in [1.82, 2.24) is 15.1 Å². The largest absolute Gasteiger partial charge is 0.401 e. The summed E-state index contributed by atoms with van der Waals surface area (Å²) in [6.07, 6.45) is -3.53. The van der Waals surface area contributed by atoms with Gasteiger partial charge in [-0.25, -0.2) is 0 Å². The third-order valence-electron chi connectivity index (χ3n) is 3.28. The standard InChI is InChI=1S/C16H25F3N4/c1-20-15(23(3)12-14-8-5-4-6-9-14)21-10-7-11-22(2)13-16(17,18)19/h4-6,8-9H,7,10-13H2,1-3H3,(H,20,21). The zero-order valence-electron chi connectivity index (χ0n) is 13.9. The second-order valence-electron chi connectivity index (χ2n) is 5.52. The number of benzene rings is 1. The van der Waals surface area contributed by atoms with Gasteiger partial charge in [0.1, 0.15) is 0 Å². The first-order valence-electron chi connectivity index (χ1n) is 7.53. The Morgan fingerprint density at radius 1 is 1.17 bits per heavy atom. The summed E-state index contributed by atoms with van der Waals surface area (Å²) in [5, 5.41) is 3.18. The van der Waals surface area contributed by atoms with Crippen molar-refractivity contribution in [2.75, 3.05) is 40.8 Å². The number of hydrogen-bond acceptors (Lipinski definition) is 2. The molecule has 0 spiro atoms. The molecule has 0 saturated carbocycles. The van der Waals surface area contributed by atoms with Gasteiger partial charge in [-0.05, 0) is 25.6 Å². The van der Waals surface area contributed by atoms with Crippen LogP contribution in [0.1, 0.15) is 12.0 Å². The fourth-order valence-corrected chi connectivity index (χ4v) is 2.25. The van der Waals surface area contributed by atoms with E-state index in [1.165, 1.54) is 17.5 Å². The van der Waals surface area contributed by atoms with Crippen LogP contribution in [0.25, 0.3) is 0 Å². The lowest BCUT2D eigenvalue weighted by Gasteiger charge is -2.23. The first kappa shape index (κ1) is 19.3. The van der Waals surface area contributed by atoms with Gasteiger partial charge < -0.3 is 10.2 Å². The van der Waals surface area contributed by atoms with Gasteiger partial charge in [0.2, 0.25) is 0 Å². The highest BCUT2D eigenvalue weighted by atomic mass is 19.4. The summed E-state index contributed by atoms with van der Waals surface area (Å²) in [6, 6.07) is 10.0. The van der Waals surface area contributed by atoms with Crippen LogP contribution >= 0.6 is 0 Å². The Hall–Kier alpha value is -1.76. The van der Waals surface area contributed by atoms with Crippen molar-refractivity contribution in [3.63, 3.8) is 0 Å². The Balaban J connectivity index is 2.31. The molecule has 0 saturated heterocycles. The first-order chi connectivity index (χ1) is 10.8. The number of aliphatic imine (C=N–C) groups is 1. The van der Waals surface area contributed by atoms with Gasteiger partial charge in [0.15, 0.2) is 5.96 Å². The molecule has 1 rings (SSSR count). The van der Waals surface area contributed by atoms with Gasteiger partial charge >= 0.3 is 6.18 Å². The third-order valence-corrected chi connectivity index (χ3v) is 3.28. The van der Waals surface area contributed by atoms with E-state index in [1.807, 2.05) is 42.3 Å². The summed E-state index contributed by atoms with van der Waals surface area (Å²) in [4.78, 5) is 7.45. The summed E-state index contributed by atoms with van der Waals surface area (Å²) in [6.45, 7) is 0.796. The molecule has 7 heteroatoms. The van der Waals surface area contributed by atoms with E-state index in [2.05, 4.69) is 10.3 Å². The van der Waals surface area contributed by atoms with Crippen LogP contribution in [-0.2, 0) is 6.54 Å². The molecule has 0 unspecified atom stereocenters. The monoisotopic (exact) mass is 330 g/mol. The van der Waals surface area contributed by atoms with E-state index in [1.54, 1.807) is 7.05 Å². The maximum Gasteiger partial charge on any atom is 0.401 e. The second kappa shape index (κ2) is 9.39. The molecule has 0 heterocycles. The van der Waals surface area contributed by atoms with Crippen molar-refractivity contribution in [1.29, 1.82) is 0 Å². The SMILES string of the molecule is CN=C(NCCCN(C)CC(F)(F)F)N(C)Cc1ccccc1. The molecule has 0 aliphatic carbocycles. The van der Waals surface area contributed by atoms with Gasteiger partial charge in [-0.3, -0.25) is 9.89 Å². The quantitative estimate of drug-likeness (QED) is 0.474. The average Bonchev–Trinajstić information content (AvgIpc) is 2.46. The summed E-state index contributed by atoms with van der Waals surface area (Å²) in [5.41, 5.74) is 1.17. The Morgan fingerprint density at radius 3 is 2.39 bits per heavy atom. The van der Waals surface area contributed by atoms with Crippen molar-refractivity contribution in [2.24, 2.45) is 4.99 Å². The molecule has 0 aliphatic rings. The summed E-state index contributed by atoms with van der Waals surface area (Å²) < 4.78 is 36.7. The zero-order valence-corrected chi connectivity index (χ0v) is 13.9. The van der Waals surface area contributed by atoms with E-state index in [0.29, 0.717) is 26.1 Å². The Kier molecular flexibility index (Phi) is 7.88. The van der Waals surface area contributed by atoms with Gasteiger partial charge in [-0.1, -0.05) is 30.3 Å². The maximum absolute atomic E-state index is 12.2. The molecule has 0 fully saturated rings. The lowest BCUT2D eigenvalue weighted by atomic mass is 10.2. The van der Waals surface area contributed by atoms with Crippen LogP contribution in [0.2, 0.25) is 0 Å². The van der Waals surface area contributed by atoms with Crippen LogP contribution in [0.4, 0.5) is 13.2 Å². The van der Waals surface area contributed by atoms with Crippen molar-refractivity contribution in [3.05, 3.63) is 35.9 Å². The van der Waals surface area contributed by atoms with Crippen molar-refractivity contribution >= 4 is 5.96 Å². The molecule has 0 aliphatic heterocycles. The number of hydrogen-bond donors (Lipinski definition) is 1. The van der Waals surface area contributed by atoms with Crippen LogP contribution in [0, 0.1) is 0 Å². The van der Waals surface area contributed by atoms with Gasteiger partial charge in [0.05, 0.1) is 6.54 Å². The molecular formula is C16H25F3N4. The van der Waals surface area contributed by atoms with Crippen LogP contribution in [-0.4, -0.2) is 62.7 Å². The molecule has 0 aromatic heterocycles. The number of guanidine groups is 1. The normalized spacial score (nSPS) is 12.6. The van der Waals surface area contributed by atoms with Gasteiger partial charge in [0, 0.05) is 27.2 Å². The Bertz CT molecular complexity index is 474. The number of nitrogens with one attached hydrogen (secondary N) is 1. The van der Waals surface area contributed by atoms with Crippen LogP contribution in [0.15, 0.2) is 35.3 Å². The third kappa shape index (κ3) is 8.44. The molecule has 0 radical (unpaired) electrons. The van der Waals surface area contributed by atoms with Crippen molar-refractivity contribution in [2.45, 2.75) is 19.1 Å². The van der Waals surface area contributed by atoms with Crippen LogP contribution < -0.4 is 5.32 Å². The van der Waals surface area contributed by atoms with Crippen molar-refractivity contribution in [3.8, 4) is 0 Å². The number of alkyl halides is 3. The van der Waals surface area contributed by atoms with E-state index in [0.717, 1.165) is 5.96 Å². The fourth-order valence-electron chi connectivity index (χ4n) is 2.25. The Morgan fingerprint density at radius 2 is 1.83 bits per heavy atom. The topological polar surface area (TPSA) is 30.9 Å². The van der Waals surface area contributed by atoms with Gasteiger partial charge in [-0.2, -0.15) is 13.2 Å². The predicted molar refractivity (Wildman–Crippen MR) is 87.4 cm³/mol. The van der Waals surface area contributed by atoms with Crippen molar-refractivity contribution < 1.29 is 13.2 Å². The minimum absolute atomic E-state index is 0.381. The fraction of sp³-hybridized carbons (Fsp3) is 0.562.